The molecule has 5 heterocycles. The third-order valence-corrected chi connectivity index (χ3v) is 9.47. The van der Waals surface area contributed by atoms with E-state index < -0.39 is 5.79 Å². The average molecular weight is 708 g/mol. The summed E-state index contributed by atoms with van der Waals surface area (Å²) in [7, 11) is 0. The molecule has 3 aromatic heterocycles. The van der Waals surface area contributed by atoms with Gasteiger partial charge >= 0.3 is 5.69 Å². The van der Waals surface area contributed by atoms with Crippen molar-refractivity contribution in [2.24, 2.45) is 0 Å². The Morgan fingerprint density at radius 3 is 2.47 bits per heavy atom. The molecule has 14 nitrogen and oxygen atoms in total. The number of nitrogens with zero attached hydrogens (tertiary/aromatic N) is 10. The molecule has 2 fully saturated rings. The van der Waals surface area contributed by atoms with Crippen LogP contribution in [0.1, 0.15) is 31.9 Å². The molecule has 3 atom stereocenters. The highest BCUT2D eigenvalue weighted by atomic mass is 35.5. The second-order valence-corrected chi connectivity index (χ2v) is 12.9. The van der Waals surface area contributed by atoms with Crippen molar-refractivity contribution in [3.05, 3.63) is 99.5 Å². The van der Waals surface area contributed by atoms with Gasteiger partial charge in [0, 0.05) is 42.5 Å². The van der Waals surface area contributed by atoms with Gasteiger partial charge in [-0.3, -0.25) is 0 Å². The fourth-order valence-corrected chi connectivity index (χ4v) is 6.59. The monoisotopic (exact) mass is 706 g/mol. The van der Waals surface area contributed by atoms with Gasteiger partial charge in [0.2, 0.25) is 5.79 Å². The maximum absolute atomic E-state index is 12.8. The molecule has 0 spiro atoms. The van der Waals surface area contributed by atoms with Crippen molar-refractivity contribution < 1.29 is 14.2 Å². The molecule has 5 aromatic rings. The first-order valence-electron chi connectivity index (χ1n) is 16.2. The lowest BCUT2D eigenvalue weighted by Crippen LogP contribution is -2.46. The molecule has 2 aliphatic rings. The number of pyridine rings is 1. The second-order valence-electron chi connectivity index (χ2n) is 12.1. The maximum Gasteiger partial charge on any atom is 0.350 e. The number of tetrazole rings is 1. The fraction of sp³-hybridized carbons (Fsp3) is 0.394. The van der Waals surface area contributed by atoms with E-state index in [9.17, 15) is 4.79 Å². The summed E-state index contributed by atoms with van der Waals surface area (Å²) >= 11 is 12.7. The van der Waals surface area contributed by atoms with E-state index in [1.807, 2.05) is 38.1 Å². The molecule has 0 saturated carbocycles. The molecule has 0 amide bonds. The number of anilines is 2. The number of rotatable bonds is 11. The molecule has 7 rings (SSSR count). The normalized spacial score (nSPS) is 20.1. The minimum Gasteiger partial charge on any atom is -0.489 e. The van der Waals surface area contributed by atoms with E-state index in [1.54, 1.807) is 35.3 Å². The molecule has 2 saturated heterocycles. The zero-order valence-electron chi connectivity index (χ0n) is 27.1. The number of benzene rings is 2. The van der Waals surface area contributed by atoms with E-state index in [0.717, 1.165) is 49.8 Å². The van der Waals surface area contributed by atoms with E-state index in [-0.39, 0.29) is 37.6 Å². The Hall–Kier alpha value is -4.50. The Kier molecular flexibility index (Phi) is 9.54. The van der Waals surface area contributed by atoms with Crippen LogP contribution in [0, 0.1) is 0 Å². The predicted octanol–water partition coefficient (Wildman–Crippen LogP) is 4.37. The van der Waals surface area contributed by atoms with Gasteiger partial charge in [0.1, 0.15) is 43.5 Å². The van der Waals surface area contributed by atoms with Gasteiger partial charge in [-0.2, -0.15) is 5.10 Å². The van der Waals surface area contributed by atoms with E-state index in [0.29, 0.717) is 21.4 Å². The zero-order valence-corrected chi connectivity index (χ0v) is 28.6. The highest BCUT2D eigenvalue weighted by Gasteiger charge is 2.46. The van der Waals surface area contributed by atoms with E-state index >= 15 is 0 Å². The topological polar surface area (TPSA) is 130 Å². The molecule has 0 aliphatic carbocycles. The standard InChI is InChI=1S/C33H36Cl2N10O4/c1-3-23(2)45-32(46)44(22-38-45)26-7-5-25(6-8-26)41-12-14-42(15-13-41)31-11-9-27(17-36-31)47-18-28-19-48-33(49-28,20-43-21-37-39-40-43)29-10-4-24(34)16-30(29)35/h4-11,16-17,21-23,28H,3,12-15,18-20H2,1-2H3/t23-,28+,33+/m0/s1. The third-order valence-electron chi connectivity index (χ3n) is 8.92. The minimum atomic E-state index is -1.21. The molecular formula is C33H36Cl2N10O4. The molecule has 256 valence electrons. The molecule has 2 aliphatic heterocycles. The van der Waals surface area contributed by atoms with Gasteiger partial charge in [0.05, 0.1) is 29.6 Å². The number of hydrogen-bond donors (Lipinski definition) is 0. The van der Waals surface area contributed by atoms with E-state index in [4.69, 9.17) is 37.4 Å². The van der Waals surface area contributed by atoms with Crippen LogP contribution in [-0.4, -0.2) is 85.0 Å². The van der Waals surface area contributed by atoms with Crippen molar-refractivity contribution in [2.75, 3.05) is 49.2 Å². The van der Waals surface area contributed by atoms with Crippen LogP contribution in [0.4, 0.5) is 11.5 Å². The smallest absolute Gasteiger partial charge is 0.350 e. The van der Waals surface area contributed by atoms with Crippen LogP contribution in [0.25, 0.3) is 5.69 Å². The first-order chi connectivity index (χ1) is 23.8. The fourth-order valence-electron chi connectivity index (χ4n) is 6.04. The lowest BCUT2D eigenvalue weighted by molar-refractivity contribution is -0.190. The summed E-state index contributed by atoms with van der Waals surface area (Å²) in [5.41, 5.74) is 2.41. The Morgan fingerprint density at radius 2 is 1.78 bits per heavy atom. The SMILES string of the molecule is CC[C@H](C)n1ncn(-c2ccc(N3CCN(c4ccc(OC[C@@H]5CO[C@@](Cn6cnnn6)(c6ccc(Cl)cc6Cl)O5)cn4)CC3)cc2)c1=O. The summed E-state index contributed by atoms with van der Waals surface area (Å²) in [6.45, 7) is 8.08. The highest BCUT2D eigenvalue weighted by molar-refractivity contribution is 6.35. The molecule has 0 bridgehead atoms. The van der Waals surface area contributed by atoms with Crippen molar-refractivity contribution in [1.29, 1.82) is 0 Å². The average Bonchev–Trinajstić information content (AvgIpc) is 3.88. The first-order valence-corrected chi connectivity index (χ1v) is 16.9. The van der Waals surface area contributed by atoms with Crippen molar-refractivity contribution in [1.82, 2.24) is 39.5 Å². The largest absolute Gasteiger partial charge is 0.489 e. The Morgan fingerprint density at radius 1 is 1.00 bits per heavy atom. The van der Waals surface area contributed by atoms with E-state index in [2.05, 4.69) is 47.5 Å². The Balaban J connectivity index is 0.925. The highest BCUT2D eigenvalue weighted by Crippen LogP contribution is 2.40. The molecule has 0 unspecified atom stereocenters. The lowest BCUT2D eigenvalue weighted by atomic mass is 10.1. The van der Waals surface area contributed by atoms with Crippen LogP contribution in [0.5, 0.6) is 5.75 Å². The quantitative estimate of drug-likeness (QED) is 0.194. The van der Waals surface area contributed by atoms with Crippen LogP contribution in [0.3, 0.4) is 0 Å². The third kappa shape index (κ3) is 6.99. The first kappa shape index (κ1) is 33.0. The number of halogens is 2. The second kappa shape index (κ2) is 14.2. The summed E-state index contributed by atoms with van der Waals surface area (Å²) in [5.74, 6) is 0.300. The van der Waals surface area contributed by atoms with Gasteiger partial charge < -0.3 is 24.0 Å². The Bertz CT molecular complexity index is 1910. The summed E-state index contributed by atoms with van der Waals surface area (Å²) in [5, 5.41) is 16.6. The van der Waals surface area contributed by atoms with Gasteiger partial charge in [0.15, 0.2) is 0 Å². The predicted molar refractivity (Wildman–Crippen MR) is 184 cm³/mol. The van der Waals surface area contributed by atoms with Crippen LogP contribution >= 0.6 is 23.2 Å². The number of piperazine rings is 1. The van der Waals surface area contributed by atoms with Gasteiger partial charge in [-0.25, -0.2) is 23.7 Å². The van der Waals surface area contributed by atoms with Crippen LogP contribution in [0.15, 0.2) is 78.2 Å². The zero-order chi connectivity index (χ0) is 34.0. The number of hydrogen-bond acceptors (Lipinski definition) is 11. The number of ether oxygens (including phenoxy) is 3. The van der Waals surface area contributed by atoms with Gasteiger partial charge in [0.25, 0.3) is 0 Å². The summed E-state index contributed by atoms with van der Waals surface area (Å²) in [6, 6.07) is 17.2. The van der Waals surface area contributed by atoms with Gasteiger partial charge in [-0.1, -0.05) is 36.2 Å². The minimum absolute atomic E-state index is 0.0578. The van der Waals surface area contributed by atoms with Crippen molar-refractivity contribution in [3.8, 4) is 11.4 Å². The molecule has 0 N–H and O–H groups in total. The molecular weight excluding hydrogens is 671 g/mol. The maximum atomic E-state index is 12.8. The van der Waals surface area contributed by atoms with Crippen LogP contribution in [0.2, 0.25) is 10.0 Å². The molecule has 16 heteroatoms. The van der Waals surface area contributed by atoms with Gasteiger partial charge in [-0.15, -0.1) is 5.10 Å². The number of aromatic nitrogens is 8. The molecule has 2 aromatic carbocycles. The van der Waals surface area contributed by atoms with Crippen molar-refractivity contribution in [3.63, 3.8) is 0 Å². The molecule has 49 heavy (non-hydrogen) atoms. The van der Waals surface area contributed by atoms with Gasteiger partial charge in [-0.05, 0) is 72.3 Å². The van der Waals surface area contributed by atoms with Crippen molar-refractivity contribution in [2.45, 2.75) is 44.7 Å². The molecule has 0 radical (unpaired) electrons. The van der Waals surface area contributed by atoms with Crippen LogP contribution < -0.4 is 20.2 Å². The summed E-state index contributed by atoms with van der Waals surface area (Å²) < 4.78 is 23.4. The van der Waals surface area contributed by atoms with Crippen LogP contribution in [-0.2, 0) is 21.8 Å². The summed E-state index contributed by atoms with van der Waals surface area (Å²) in [6.07, 6.45) is 5.27. The van der Waals surface area contributed by atoms with E-state index in [1.165, 1.54) is 15.7 Å². The van der Waals surface area contributed by atoms with Crippen molar-refractivity contribution >= 4 is 34.7 Å². The Labute approximate surface area is 292 Å². The lowest BCUT2D eigenvalue weighted by Gasteiger charge is -2.36. The summed E-state index contributed by atoms with van der Waals surface area (Å²) in [4.78, 5) is 22.1.